The summed E-state index contributed by atoms with van der Waals surface area (Å²) < 4.78 is 0. The number of aromatic nitrogens is 3. The van der Waals surface area contributed by atoms with Crippen molar-refractivity contribution in [2.45, 2.75) is 6.10 Å². The van der Waals surface area contributed by atoms with Gasteiger partial charge in [-0.05, 0) is 29.8 Å². The standard InChI is InChI=1S/C23H19ClN4O/c24-19-10-8-16(9-11-19)20-13-22(26-15-21(29)17-5-2-1-3-6-17)28-23(27-20)18-7-4-12-25-14-18/h1-14,21,29H,15H2,(H,26,27,28)/t21-/m1/s1. The molecule has 0 saturated heterocycles. The molecule has 2 aromatic heterocycles. The molecule has 0 bridgehead atoms. The topological polar surface area (TPSA) is 70.9 Å². The molecule has 2 aromatic carbocycles. The Morgan fingerprint density at radius 1 is 0.897 bits per heavy atom. The predicted molar refractivity (Wildman–Crippen MR) is 116 cm³/mol. The molecule has 0 saturated carbocycles. The molecule has 144 valence electrons. The SMILES string of the molecule is O[C@H](CNc1cc(-c2ccc(Cl)cc2)nc(-c2cccnc2)n1)c1ccccc1. The molecule has 0 aliphatic heterocycles. The summed E-state index contributed by atoms with van der Waals surface area (Å²) in [5, 5.41) is 14.3. The number of hydrogen-bond acceptors (Lipinski definition) is 5. The Morgan fingerprint density at radius 3 is 2.41 bits per heavy atom. The van der Waals surface area contributed by atoms with Crippen LogP contribution in [-0.4, -0.2) is 26.6 Å². The van der Waals surface area contributed by atoms with Crippen molar-refractivity contribution in [1.29, 1.82) is 0 Å². The second kappa shape index (κ2) is 8.82. The molecule has 0 unspecified atom stereocenters. The van der Waals surface area contributed by atoms with Crippen LogP contribution in [0.3, 0.4) is 0 Å². The first-order chi connectivity index (χ1) is 14.2. The molecule has 6 heteroatoms. The van der Waals surface area contributed by atoms with Crippen LogP contribution in [0.4, 0.5) is 5.82 Å². The summed E-state index contributed by atoms with van der Waals surface area (Å²) in [7, 11) is 0. The normalized spacial score (nSPS) is 11.8. The number of aliphatic hydroxyl groups is 1. The fourth-order valence-corrected chi connectivity index (χ4v) is 3.05. The van der Waals surface area contributed by atoms with Crippen LogP contribution in [0.25, 0.3) is 22.6 Å². The van der Waals surface area contributed by atoms with Crippen molar-refractivity contribution in [3.8, 4) is 22.6 Å². The highest BCUT2D eigenvalue weighted by molar-refractivity contribution is 6.30. The van der Waals surface area contributed by atoms with Gasteiger partial charge in [-0.15, -0.1) is 0 Å². The molecular formula is C23H19ClN4O. The Kier molecular flexibility index (Phi) is 5.79. The fourth-order valence-electron chi connectivity index (χ4n) is 2.92. The van der Waals surface area contributed by atoms with Gasteiger partial charge in [0.1, 0.15) is 5.82 Å². The van der Waals surface area contributed by atoms with Gasteiger partial charge < -0.3 is 10.4 Å². The van der Waals surface area contributed by atoms with E-state index >= 15 is 0 Å². The van der Waals surface area contributed by atoms with E-state index in [1.165, 1.54) is 0 Å². The first kappa shape index (κ1) is 19.1. The van der Waals surface area contributed by atoms with E-state index in [4.69, 9.17) is 16.6 Å². The average molecular weight is 403 g/mol. The Hall–Kier alpha value is -3.28. The molecule has 5 nitrogen and oxygen atoms in total. The lowest BCUT2D eigenvalue weighted by Gasteiger charge is -2.14. The van der Waals surface area contributed by atoms with E-state index in [0.29, 0.717) is 23.2 Å². The average Bonchev–Trinajstić information content (AvgIpc) is 2.79. The zero-order valence-corrected chi connectivity index (χ0v) is 16.3. The Morgan fingerprint density at radius 2 is 1.69 bits per heavy atom. The molecule has 4 rings (SSSR count). The lowest BCUT2D eigenvalue weighted by Crippen LogP contribution is -2.13. The zero-order chi connectivity index (χ0) is 20.1. The van der Waals surface area contributed by atoms with Crippen LogP contribution >= 0.6 is 11.6 Å². The number of nitrogens with zero attached hydrogens (tertiary/aromatic N) is 3. The van der Waals surface area contributed by atoms with Crippen molar-refractivity contribution in [2.75, 3.05) is 11.9 Å². The van der Waals surface area contributed by atoms with Gasteiger partial charge in [-0.1, -0.05) is 54.1 Å². The van der Waals surface area contributed by atoms with Crippen LogP contribution in [0.15, 0.2) is 85.2 Å². The van der Waals surface area contributed by atoms with Crippen molar-refractivity contribution in [3.63, 3.8) is 0 Å². The number of hydrogen-bond donors (Lipinski definition) is 2. The molecule has 0 amide bonds. The fraction of sp³-hybridized carbons (Fsp3) is 0.0870. The van der Waals surface area contributed by atoms with Crippen molar-refractivity contribution >= 4 is 17.4 Å². The minimum absolute atomic E-state index is 0.327. The number of nitrogens with one attached hydrogen (secondary N) is 1. The Labute approximate surface area is 174 Å². The van der Waals surface area contributed by atoms with E-state index in [0.717, 1.165) is 22.4 Å². The van der Waals surface area contributed by atoms with E-state index in [9.17, 15) is 5.11 Å². The maximum Gasteiger partial charge on any atom is 0.163 e. The molecule has 29 heavy (non-hydrogen) atoms. The maximum atomic E-state index is 10.5. The first-order valence-electron chi connectivity index (χ1n) is 9.21. The third-order valence-electron chi connectivity index (χ3n) is 4.45. The molecule has 0 aliphatic carbocycles. The number of halogens is 1. The lowest BCUT2D eigenvalue weighted by atomic mass is 10.1. The van der Waals surface area contributed by atoms with Crippen molar-refractivity contribution in [3.05, 3.63) is 95.8 Å². The van der Waals surface area contributed by atoms with Gasteiger partial charge in [0, 0.05) is 41.2 Å². The van der Waals surface area contributed by atoms with Crippen molar-refractivity contribution in [2.24, 2.45) is 0 Å². The Balaban J connectivity index is 1.65. The van der Waals surface area contributed by atoms with Crippen LogP contribution in [0, 0.1) is 0 Å². The molecule has 0 aliphatic rings. The first-order valence-corrected chi connectivity index (χ1v) is 9.59. The monoisotopic (exact) mass is 402 g/mol. The van der Waals surface area contributed by atoms with E-state index < -0.39 is 6.10 Å². The number of rotatable bonds is 6. The van der Waals surface area contributed by atoms with Gasteiger partial charge in [0.05, 0.1) is 11.8 Å². The number of benzene rings is 2. The van der Waals surface area contributed by atoms with Gasteiger partial charge >= 0.3 is 0 Å². The van der Waals surface area contributed by atoms with Crippen LogP contribution in [0.1, 0.15) is 11.7 Å². The molecule has 2 heterocycles. The quantitative estimate of drug-likeness (QED) is 0.474. The van der Waals surface area contributed by atoms with Gasteiger partial charge in [0.15, 0.2) is 5.82 Å². The van der Waals surface area contributed by atoms with E-state index in [1.807, 2.05) is 72.8 Å². The summed E-state index contributed by atoms with van der Waals surface area (Å²) in [6.07, 6.45) is 2.79. The summed E-state index contributed by atoms with van der Waals surface area (Å²) in [5.41, 5.74) is 3.34. The molecule has 2 N–H and O–H groups in total. The molecule has 0 fully saturated rings. The largest absolute Gasteiger partial charge is 0.387 e. The molecule has 4 aromatic rings. The summed E-state index contributed by atoms with van der Waals surface area (Å²) in [6.45, 7) is 0.327. The van der Waals surface area contributed by atoms with Crippen LogP contribution in [-0.2, 0) is 0 Å². The van der Waals surface area contributed by atoms with Crippen LogP contribution in [0.5, 0.6) is 0 Å². The van der Waals surface area contributed by atoms with E-state index in [2.05, 4.69) is 15.3 Å². The van der Waals surface area contributed by atoms with Crippen LogP contribution < -0.4 is 5.32 Å². The van der Waals surface area contributed by atoms with E-state index in [1.54, 1.807) is 12.4 Å². The lowest BCUT2D eigenvalue weighted by molar-refractivity contribution is 0.191. The molecule has 0 radical (unpaired) electrons. The molecule has 1 atom stereocenters. The second-order valence-corrected chi connectivity index (χ2v) is 6.95. The predicted octanol–water partition coefficient (Wildman–Crippen LogP) is 5.00. The Bertz CT molecular complexity index is 1070. The smallest absolute Gasteiger partial charge is 0.163 e. The van der Waals surface area contributed by atoms with Gasteiger partial charge in [-0.2, -0.15) is 0 Å². The van der Waals surface area contributed by atoms with E-state index in [-0.39, 0.29) is 0 Å². The van der Waals surface area contributed by atoms with Crippen LogP contribution in [0.2, 0.25) is 5.02 Å². The highest BCUT2D eigenvalue weighted by Crippen LogP contribution is 2.25. The van der Waals surface area contributed by atoms with Gasteiger partial charge in [0.25, 0.3) is 0 Å². The summed E-state index contributed by atoms with van der Waals surface area (Å²) in [6, 6.07) is 22.6. The number of anilines is 1. The summed E-state index contributed by atoms with van der Waals surface area (Å²) in [4.78, 5) is 13.5. The minimum Gasteiger partial charge on any atom is -0.387 e. The third-order valence-corrected chi connectivity index (χ3v) is 4.70. The van der Waals surface area contributed by atoms with Crippen molar-refractivity contribution < 1.29 is 5.11 Å². The van der Waals surface area contributed by atoms with Gasteiger partial charge in [-0.3, -0.25) is 4.98 Å². The summed E-state index contributed by atoms with van der Waals surface area (Å²) >= 11 is 6.02. The minimum atomic E-state index is -0.646. The van der Waals surface area contributed by atoms with Crippen molar-refractivity contribution in [1.82, 2.24) is 15.0 Å². The third kappa shape index (κ3) is 4.77. The number of pyridine rings is 1. The molecule has 0 spiro atoms. The highest BCUT2D eigenvalue weighted by Gasteiger charge is 2.11. The second-order valence-electron chi connectivity index (χ2n) is 6.52. The number of aliphatic hydroxyl groups excluding tert-OH is 1. The molecular weight excluding hydrogens is 384 g/mol. The maximum absolute atomic E-state index is 10.5. The highest BCUT2D eigenvalue weighted by atomic mass is 35.5. The van der Waals surface area contributed by atoms with Gasteiger partial charge in [-0.25, -0.2) is 9.97 Å². The summed E-state index contributed by atoms with van der Waals surface area (Å²) in [5.74, 6) is 1.18. The zero-order valence-electron chi connectivity index (χ0n) is 15.5. The van der Waals surface area contributed by atoms with Gasteiger partial charge in [0.2, 0.25) is 0 Å².